The Morgan fingerprint density at radius 2 is 1.65 bits per heavy atom. The number of nitrogens with zero attached hydrogens (tertiary/aromatic N) is 2. The average Bonchev–Trinajstić information content (AvgIpc) is 3.12. The van der Waals surface area contributed by atoms with Crippen molar-refractivity contribution >= 4 is 33.8 Å². The Bertz CT molecular complexity index is 1480. The van der Waals surface area contributed by atoms with Crippen molar-refractivity contribution in [2.75, 3.05) is 0 Å². The number of aryl methyl sites for hydroxylation is 1. The number of aromatic nitrogens is 3. The highest BCUT2D eigenvalue weighted by molar-refractivity contribution is 7.71. The third-order valence-corrected chi connectivity index (χ3v) is 6.64. The number of thiophene rings is 1. The first kappa shape index (κ1) is 19.6. The zero-order valence-corrected chi connectivity index (χ0v) is 18.5. The number of aromatic amines is 1. The smallest absolute Gasteiger partial charge is 0.268 e. The summed E-state index contributed by atoms with van der Waals surface area (Å²) >= 11 is 7.13. The Hall–Kier alpha value is -3.35. The molecule has 2 aromatic carbocycles. The van der Waals surface area contributed by atoms with Gasteiger partial charge in [-0.1, -0.05) is 42.5 Å². The van der Waals surface area contributed by atoms with Crippen molar-refractivity contribution in [2.24, 2.45) is 0 Å². The van der Waals surface area contributed by atoms with E-state index in [0.29, 0.717) is 10.2 Å². The SMILES string of the molecule is Cc1sc2[nH]c(=S)n(-c3ccc(Cc4ccncc4)cc3)c(=O)c2c1-c1ccccc1. The Morgan fingerprint density at radius 3 is 2.35 bits per heavy atom. The van der Waals surface area contributed by atoms with Gasteiger partial charge in [-0.25, -0.2) is 0 Å². The van der Waals surface area contributed by atoms with Gasteiger partial charge in [0.05, 0.1) is 11.1 Å². The molecule has 0 saturated heterocycles. The van der Waals surface area contributed by atoms with Crippen LogP contribution in [-0.2, 0) is 6.42 Å². The van der Waals surface area contributed by atoms with Crippen LogP contribution in [0, 0.1) is 11.7 Å². The van der Waals surface area contributed by atoms with E-state index in [2.05, 4.69) is 9.97 Å². The maximum Gasteiger partial charge on any atom is 0.268 e. The molecule has 0 spiro atoms. The van der Waals surface area contributed by atoms with Gasteiger partial charge >= 0.3 is 0 Å². The van der Waals surface area contributed by atoms with E-state index >= 15 is 0 Å². The molecule has 0 amide bonds. The molecule has 0 saturated carbocycles. The molecule has 152 valence electrons. The normalized spacial score (nSPS) is 11.1. The van der Waals surface area contributed by atoms with E-state index in [1.165, 1.54) is 5.56 Å². The van der Waals surface area contributed by atoms with Crippen molar-refractivity contribution in [1.29, 1.82) is 0 Å². The van der Waals surface area contributed by atoms with Crippen LogP contribution in [0.1, 0.15) is 16.0 Å². The zero-order chi connectivity index (χ0) is 21.4. The van der Waals surface area contributed by atoms with Crippen LogP contribution in [0.5, 0.6) is 0 Å². The Labute approximate surface area is 188 Å². The number of nitrogens with one attached hydrogen (secondary N) is 1. The molecular weight excluding hydrogens is 422 g/mol. The number of rotatable bonds is 4. The molecule has 0 radical (unpaired) electrons. The summed E-state index contributed by atoms with van der Waals surface area (Å²) < 4.78 is 1.99. The van der Waals surface area contributed by atoms with Crippen LogP contribution in [0.25, 0.3) is 27.0 Å². The second-order valence-electron chi connectivity index (χ2n) is 7.37. The Morgan fingerprint density at radius 1 is 0.968 bits per heavy atom. The predicted molar refractivity (Wildman–Crippen MR) is 130 cm³/mol. The Balaban J connectivity index is 1.62. The first-order chi connectivity index (χ1) is 15.1. The molecule has 4 nitrogen and oxygen atoms in total. The van der Waals surface area contributed by atoms with Crippen molar-refractivity contribution in [3.63, 3.8) is 0 Å². The molecule has 0 fully saturated rings. The van der Waals surface area contributed by atoms with Crippen molar-refractivity contribution in [2.45, 2.75) is 13.3 Å². The summed E-state index contributed by atoms with van der Waals surface area (Å²) in [6, 6.07) is 22.0. The number of benzene rings is 2. The van der Waals surface area contributed by atoms with E-state index in [4.69, 9.17) is 12.2 Å². The lowest BCUT2D eigenvalue weighted by molar-refractivity contribution is 0.941. The average molecular weight is 442 g/mol. The zero-order valence-electron chi connectivity index (χ0n) is 16.8. The lowest BCUT2D eigenvalue weighted by Crippen LogP contribution is -2.20. The van der Waals surface area contributed by atoms with Gasteiger partial charge in [-0.3, -0.25) is 14.3 Å². The standard InChI is InChI=1S/C25H19N3OS2/c1-16-21(19-5-3-2-4-6-19)22-23(31-16)27-25(30)28(24(22)29)20-9-7-17(8-10-20)15-18-11-13-26-14-12-18/h2-14H,15H2,1H3,(H,27,30). The first-order valence-corrected chi connectivity index (χ1v) is 11.2. The van der Waals surface area contributed by atoms with Crippen LogP contribution < -0.4 is 5.56 Å². The fourth-order valence-corrected chi connectivity index (χ4v) is 5.30. The molecule has 0 aliphatic carbocycles. The summed E-state index contributed by atoms with van der Waals surface area (Å²) in [5.74, 6) is 0. The molecule has 31 heavy (non-hydrogen) atoms. The van der Waals surface area contributed by atoms with Crippen LogP contribution in [0.2, 0.25) is 0 Å². The number of fused-ring (bicyclic) bond motifs is 1. The second-order valence-corrected chi connectivity index (χ2v) is 8.98. The predicted octanol–water partition coefficient (Wildman–Crippen LogP) is 6.07. The minimum atomic E-state index is -0.0937. The van der Waals surface area contributed by atoms with Crippen LogP contribution in [0.3, 0.4) is 0 Å². The summed E-state index contributed by atoms with van der Waals surface area (Å²) in [6.07, 6.45) is 4.40. The first-order valence-electron chi connectivity index (χ1n) is 9.94. The summed E-state index contributed by atoms with van der Waals surface area (Å²) in [5, 5.41) is 0.683. The van der Waals surface area contributed by atoms with Crippen LogP contribution in [0.4, 0.5) is 0 Å². The lowest BCUT2D eigenvalue weighted by Gasteiger charge is -2.09. The van der Waals surface area contributed by atoms with Gasteiger partial charge in [-0.15, -0.1) is 11.3 Å². The molecule has 3 heterocycles. The van der Waals surface area contributed by atoms with Crippen molar-refractivity contribution in [3.05, 3.63) is 110 Å². The van der Waals surface area contributed by atoms with E-state index in [-0.39, 0.29) is 5.56 Å². The van der Waals surface area contributed by atoms with Gasteiger partial charge in [0, 0.05) is 22.8 Å². The fraction of sp³-hybridized carbons (Fsp3) is 0.0800. The molecule has 6 heteroatoms. The number of hydrogen-bond donors (Lipinski definition) is 1. The summed E-state index contributed by atoms with van der Waals surface area (Å²) in [6.45, 7) is 2.04. The summed E-state index contributed by atoms with van der Waals surface area (Å²) in [5.41, 5.74) is 5.03. The van der Waals surface area contributed by atoms with Gasteiger partial charge in [-0.2, -0.15) is 0 Å². The molecule has 3 aromatic heterocycles. The van der Waals surface area contributed by atoms with Gasteiger partial charge < -0.3 is 4.98 Å². The molecule has 5 rings (SSSR count). The quantitative estimate of drug-likeness (QED) is 0.344. The van der Waals surface area contributed by atoms with E-state index in [1.54, 1.807) is 28.3 Å². The van der Waals surface area contributed by atoms with Crippen molar-refractivity contribution in [1.82, 2.24) is 14.5 Å². The van der Waals surface area contributed by atoms with Gasteiger partial charge in [0.25, 0.3) is 5.56 Å². The van der Waals surface area contributed by atoms with Crippen molar-refractivity contribution in [3.8, 4) is 16.8 Å². The Kier molecular flexibility index (Phi) is 5.10. The number of H-pyrrole nitrogens is 1. The van der Waals surface area contributed by atoms with E-state index in [1.807, 2.05) is 73.7 Å². The van der Waals surface area contributed by atoms with Gasteiger partial charge in [0.1, 0.15) is 4.83 Å². The molecule has 0 unspecified atom stereocenters. The molecule has 0 bridgehead atoms. The van der Waals surface area contributed by atoms with Crippen LogP contribution in [-0.4, -0.2) is 14.5 Å². The highest BCUT2D eigenvalue weighted by Crippen LogP contribution is 2.35. The van der Waals surface area contributed by atoms with Crippen molar-refractivity contribution < 1.29 is 0 Å². The minimum absolute atomic E-state index is 0.0937. The van der Waals surface area contributed by atoms with E-state index in [0.717, 1.165) is 38.5 Å². The molecule has 0 aliphatic heterocycles. The highest BCUT2D eigenvalue weighted by Gasteiger charge is 2.17. The molecule has 0 atom stereocenters. The van der Waals surface area contributed by atoms with Gasteiger partial charge in [0.2, 0.25) is 0 Å². The summed E-state index contributed by atoms with van der Waals surface area (Å²) in [4.78, 5) is 22.9. The molecule has 0 aliphatic rings. The minimum Gasteiger partial charge on any atom is -0.323 e. The molecule has 1 N–H and O–H groups in total. The maximum absolute atomic E-state index is 13.6. The number of pyridine rings is 1. The number of hydrogen-bond acceptors (Lipinski definition) is 4. The molecular formula is C25H19N3OS2. The second kappa shape index (κ2) is 8.06. The van der Waals surface area contributed by atoms with Gasteiger partial charge in [-0.05, 0) is 66.5 Å². The fourth-order valence-electron chi connectivity index (χ4n) is 3.88. The van der Waals surface area contributed by atoms with E-state index < -0.39 is 0 Å². The third kappa shape index (κ3) is 3.65. The van der Waals surface area contributed by atoms with Crippen LogP contribution in [0.15, 0.2) is 83.9 Å². The van der Waals surface area contributed by atoms with E-state index in [9.17, 15) is 4.79 Å². The largest absolute Gasteiger partial charge is 0.323 e. The summed E-state index contributed by atoms with van der Waals surface area (Å²) in [7, 11) is 0. The monoisotopic (exact) mass is 441 g/mol. The van der Waals surface area contributed by atoms with Crippen LogP contribution >= 0.6 is 23.6 Å². The topological polar surface area (TPSA) is 50.7 Å². The highest BCUT2D eigenvalue weighted by atomic mass is 32.1. The molecule has 5 aromatic rings. The lowest BCUT2D eigenvalue weighted by atomic mass is 10.0. The third-order valence-electron chi connectivity index (χ3n) is 5.34. The maximum atomic E-state index is 13.6. The van der Waals surface area contributed by atoms with Gasteiger partial charge in [0.15, 0.2) is 4.77 Å².